The van der Waals surface area contributed by atoms with Gasteiger partial charge in [-0.05, 0) is 17.7 Å². The van der Waals surface area contributed by atoms with Crippen molar-refractivity contribution in [1.29, 1.82) is 0 Å². The van der Waals surface area contributed by atoms with E-state index in [1.54, 1.807) is 0 Å². The van der Waals surface area contributed by atoms with E-state index >= 15 is 0 Å². The van der Waals surface area contributed by atoms with Gasteiger partial charge in [-0.2, -0.15) is 0 Å². The number of aliphatic hydroxyl groups excluding tert-OH is 1. The fraction of sp³-hybridized carbons (Fsp3) is 0.250. The minimum absolute atomic E-state index is 0.0198. The lowest BCUT2D eigenvalue weighted by atomic mass is 10.1. The van der Waals surface area contributed by atoms with E-state index in [4.69, 9.17) is 5.11 Å². The van der Waals surface area contributed by atoms with E-state index in [1.165, 1.54) is 0 Å². The Labute approximate surface area is 67.5 Å². The molecular weight excluding hydrogens is 169 g/mol. The van der Waals surface area contributed by atoms with Gasteiger partial charge in [0.1, 0.15) is 11.9 Å². The Kier molecular flexibility index (Phi) is 2.70. The summed E-state index contributed by atoms with van der Waals surface area (Å²) in [7, 11) is 0. The molecule has 0 saturated carbocycles. The Morgan fingerprint density at radius 1 is 1.08 bits per heavy atom. The van der Waals surface area contributed by atoms with Crippen molar-refractivity contribution in [3.8, 4) is 0 Å². The number of benzene rings is 1. The average Bonchev–Trinajstić information content (AvgIpc) is 2.04. The predicted octanol–water partition coefficient (Wildman–Crippen LogP) is 2.12. The highest BCUT2D eigenvalue weighted by atomic mass is 19.3. The van der Waals surface area contributed by atoms with Crippen LogP contribution in [0.1, 0.15) is 11.7 Å². The Morgan fingerprint density at radius 2 is 1.58 bits per heavy atom. The monoisotopic (exact) mass is 176 g/mol. The number of rotatable bonds is 2. The number of alkyl halides is 2. The van der Waals surface area contributed by atoms with Crippen molar-refractivity contribution >= 4 is 0 Å². The smallest absolute Gasteiger partial charge is 0.268 e. The van der Waals surface area contributed by atoms with Crippen molar-refractivity contribution < 1.29 is 18.3 Å². The quantitative estimate of drug-likeness (QED) is 0.731. The van der Waals surface area contributed by atoms with Crippen LogP contribution in [0.4, 0.5) is 13.2 Å². The third kappa shape index (κ3) is 1.98. The fourth-order valence-corrected chi connectivity index (χ4v) is 0.805. The maximum atomic E-state index is 12.3. The maximum absolute atomic E-state index is 12.3. The second kappa shape index (κ2) is 3.58. The van der Waals surface area contributed by atoms with Crippen LogP contribution in [0.25, 0.3) is 0 Å². The molecule has 0 aliphatic carbocycles. The molecule has 1 nitrogen and oxygen atoms in total. The molecule has 0 radical (unpaired) electrons. The lowest BCUT2D eigenvalue weighted by Gasteiger charge is -2.08. The molecule has 0 aromatic heterocycles. The zero-order valence-corrected chi connectivity index (χ0v) is 6.05. The molecule has 12 heavy (non-hydrogen) atoms. The number of hydrogen-bond donors (Lipinski definition) is 1. The molecule has 0 heterocycles. The summed E-state index contributed by atoms with van der Waals surface area (Å²) >= 11 is 0. The zero-order chi connectivity index (χ0) is 9.14. The first-order valence-electron chi connectivity index (χ1n) is 3.33. The third-order valence-corrected chi connectivity index (χ3v) is 1.45. The van der Waals surface area contributed by atoms with Gasteiger partial charge >= 0.3 is 0 Å². The van der Waals surface area contributed by atoms with Gasteiger partial charge in [-0.3, -0.25) is 0 Å². The average molecular weight is 176 g/mol. The molecule has 0 spiro atoms. The van der Waals surface area contributed by atoms with Crippen molar-refractivity contribution in [2.24, 2.45) is 0 Å². The first-order chi connectivity index (χ1) is 5.61. The van der Waals surface area contributed by atoms with Gasteiger partial charge in [-0.25, -0.2) is 13.2 Å². The molecule has 1 aromatic carbocycles. The minimum atomic E-state index is -2.84. The third-order valence-electron chi connectivity index (χ3n) is 1.45. The number of hydrogen-bond acceptors (Lipinski definition) is 1. The first kappa shape index (κ1) is 9.06. The molecule has 66 valence electrons. The molecule has 4 heteroatoms. The van der Waals surface area contributed by atoms with Crippen molar-refractivity contribution in [2.45, 2.75) is 12.5 Å². The van der Waals surface area contributed by atoms with Crippen molar-refractivity contribution in [3.63, 3.8) is 0 Å². The highest BCUT2D eigenvalue weighted by Crippen LogP contribution is 2.19. The molecule has 0 aliphatic rings. The van der Waals surface area contributed by atoms with Gasteiger partial charge in [-0.15, -0.1) is 0 Å². The lowest BCUT2D eigenvalue weighted by molar-refractivity contribution is -0.00581. The van der Waals surface area contributed by atoms with Crippen LogP contribution in [-0.2, 0) is 0 Å². The van der Waals surface area contributed by atoms with E-state index in [0.29, 0.717) is 0 Å². The van der Waals surface area contributed by atoms with Crippen LogP contribution in [0.15, 0.2) is 24.3 Å². The van der Waals surface area contributed by atoms with E-state index in [-0.39, 0.29) is 5.56 Å². The molecule has 0 unspecified atom stereocenters. The highest BCUT2D eigenvalue weighted by molar-refractivity contribution is 5.18. The number of halogens is 3. The van der Waals surface area contributed by atoms with Crippen molar-refractivity contribution in [2.75, 3.05) is 0 Å². The minimum Gasteiger partial charge on any atom is -0.382 e. The summed E-state index contributed by atoms with van der Waals surface area (Å²) in [4.78, 5) is 0. The normalized spacial score (nSPS) is 13.4. The van der Waals surface area contributed by atoms with Crippen LogP contribution in [0.3, 0.4) is 0 Å². The predicted molar refractivity (Wildman–Crippen MR) is 37.4 cm³/mol. The van der Waals surface area contributed by atoms with Crippen LogP contribution < -0.4 is 0 Å². The van der Waals surface area contributed by atoms with Crippen molar-refractivity contribution in [3.05, 3.63) is 35.6 Å². The SMILES string of the molecule is O[C@H](c1ccc(F)cc1)C(F)F. The second-order valence-electron chi connectivity index (χ2n) is 2.33. The topological polar surface area (TPSA) is 20.2 Å². The molecule has 0 amide bonds. The Hall–Kier alpha value is -1.03. The summed E-state index contributed by atoms with van der Waals surface area (Å²) in [5.41, 5.74) is 0.0198. The molecule has 0 bridgehead atoms. The fourth-order valence-electron chi connectivity index (χ4n) is 0.805. The van der Waals surface area contributed by atoms with E-state index in [0.717, 1.165) is 24.3 Å². The summed E-state index contributed by atoms with van der Waals surface area (Å²) in [6.45, 7) is 0. The summed E-state index contributed by atoms with van der Waals surface area (Å²) in [6.07, 6.45) is -4.67. The van der Waals surface area contributed by atoms with Crippen LogP contribution in [0.5, 0.6) is 0 Å². The molecule has 1 atom stereocenters. The van der Waals surface area contributed by atoms with Gasteiger partial charge in [0, 0.05) is 0 Å². The second-order valence-corrected chi connectivity index (χ2v) is 2.33. The molecule has 1 aromatic rings. The summed E-state index contributed by atoms with van der Waals surface area (Å²) in [6, 6.07) is 4.32. The Morgan fingerprint density at radius 3 is 2.00 bits per heavy atom. The summed E-state index contributed by atoms with van der Waals surface area (Å²) in [5, 5.41) is 8.82. The van der Waals surface area contributed by atoms with Gasteiger partial charge in [0.05, 0.1) is 0 Å². The molecule has 1 N–H and O–H groups in total. The standard InChI is InChI=1S/C8H7F3O/c9-6-3-1-5(2-4-6)7(12)8(10)11/h1-4,7-8,12H/t7-/m1/s1. The molecule has 0 fully saturated rings. The van der Waals surface area contributed by atoms with Gasteiger partial charge in [0.15, 0.2) is 0 Å². The van der Waals surface area contributed by atoms with E-state index < -0.39 is 18.3 Å². The van der Waals surface area contributed by atoms with Crippen LogP contribution in [0, 0.1) is 5.82 Å². The maximum Gasteiger partial charge on any atom is 0.268 e. The van der Waals surface area contributed by atoms with Crippen LogP contribution >= 0.6 is 0 Å². The van der Waals surface area contributed by atoms with Gasteiger partial charge in [-0.1, -0.05) is 12.1 Å². The van der Waals surface area contributed by atoms with Crippen LogP contribution in [-0.4, -0.2) is 11.5 Å². The zero-order valence-electron chi connectivity index (χ0n) is 6.05. The van der Waals surface area contributed by atoms with E-state index in [2.05, 4.69) is 0 Å². The van der Waals surface area contributed by atoms with E-state index in [1.807, 2.05) is 0 Å². The highest BCUT2D eigenvalue weighted by Gasteiger charge is 2.18. The van der Waals surface area contributed by atoms with Gasteiger partial charge in [0.2, 0.25) is 0 Å². The van der Waals surface area contributed by atoms with Gasteiger partial charge < -0.3 is 5.11 Å². The first-order valence-corrected chi connectivity index (χ1v) is 3.33. The summed E-state index contributed by atoms with van der Waals surface area (Å²) in [5.74, 6) is -0.514. The molecular formula is C8H7F3O. The largest absolute Gasteiger partial charge is 0.382 e. The Balaban J connectivity index is 2.82. The molecule has 0 aliphatic heterocycles. The number of aliphatic hydroxyl groups is 1. The summed E-state index contributed by atoms with van der Waals surface area (Å²) < 4.78 is 36.0. The van der Waals surface area contributed by atoms with Crippen molar-refractivity contribution in [1.82, 2.24) is 0 Å². The van der Waals surface area contributed by atoms with Crippen LogP contribution in [0.2, 0.25) is 0 Å². The molecule has 0 saturated heterocycles. The lowest BCUT2D eigenvalue weighted by Crippen LogP contribution is -2.07. The van der Waals surface area contributed by atoms with Gasteiger partial charge in [0.25, 0.3) is 6.43 Å². The Bertz CT molecular complexity index is 245. The van der Waals surface area contributed by atoms with E-state index in [9.17, 15) is 13.2 Å². The molecule has 1 rings (SSSR count).